The van der Waals surface area contributed by atoms with Crippen LogP contribution < -0.4 is 14.6 Å². The predicted octanol–water partition coefficient (Wildman–Crippen LogP) is 0.544. The molecule has 1 rings (SSSR count). The third-order valence-electron chi connectivity index (χ3n) is 1.80. The van der Waals surface area contributed by atoms with Gasteiger partial charge < -0.3 is 9.47 Å². The number of rotatable bonds is 4. The smallest absolute Gasteiger partial charge is 0.491 e. The van der Waals surface area contributed by atoms with Crippen LogP contribution in [0.1, 0.15) is 0 Å². The number of methoxy groups -OCH3 is 1. The van der Waals surface area contributed by atoms with Crippen LogP contribution in [0, 0.1) is 10.1 Å². The number of aromatic nitrogens is 1. The Kier molecular flexibility index (Phi) is 4.04. The molecule has 20 heavy (non-hydrogen) atoms. The van der Waals surface area contributed by atoms with Gasteiger partial charge >= 0.3 is 12.0 Å². The summed E-state index contributed by atoms with van der Waals surface area (Å²) in [6.07, 6.45) is -5.20. The van der Waals surface area contributed by atoms with Gasteiger partial charge in [-0.1, -0.05) is 0 Å². The maximum atomic E-state index is 12.1. The van der Waals surface area contributed by atoms with Crippen LogP contribution in [-0.4, -0.2) is 31.8 Å². The summed E-state index contributed by atoms with van der Waals surface area (Å²) in [6.45, 7) is 0. The molecule has 0 aliphatic heterocycles. The lowest BCUT2D eigenvalue weighted by Gasteiger charge is -2.12. The molecule has 0 aliphatic rings. The molecule has 1 aromatic heterocycles. The van der Waals surface area contributed by atoms with E-state index in [-0.39, 0.29) is 0 Å². The van der Waals surface area contributed by atoms with E-state index in [0.29, 0.717) is 6.07 Å². The quantitative estimate of drug-likeness (QED) is 0.632. The highest BCUT2D eigenvalue weighted by molar-refractivity contribution is 7.89. The predicted molar refractivity (Wildman–Crippen MR) is 55.5 cm³/mol. The van der Waals surface area contributed by atoms with Gasteiger partial charge in [-0.25, -0.2) is 13.6 Å². The van der Waals surface area contributed by atoms with Crippen LogP contribution in [-0.2, 0) is 10.0 Å². The van der Waals surface area contributed by atoms with Gasteiger partial charge in [0, 0.05) is 0 Å². The third-order valence-corrected chi connectivity index (χ3v) is 2.64. The fourth-order valence-electron chi connectivity index (χ4n) is 1.12. The largest absolute Gasteiger partial charge is 0.574 e. The molecule has 0 spiro atoms. The summed E-state index contributed by atoms with van der Waals surface area (Å²) in [5.74, 6) is -2.09. The van der Waals surface area contributed by atoms with E-state index in [2.05, 4.69) is 19.6 Å². The molecule has 9 nitrogen and oxygen atoms in total. The zero-order valence-corrected chi connectivity index (χ0v) is 10.4. The summed E-state index contributed by atoms with van der Waals surface area (Å²) in [5.41, 5.74) is -1.14. The molecule has 0 unspecified atom stereocenters. The highest BCUT2D eigenvalue weighted by Gasteiger charge is 2.36. The first-order valence-corrected chi connectivity index (χ1v) is 6.02. The second-order valence-corrected chi connectivity index (χ2v) is 4.65. The maximum Gasteiger partial charge on any atom is 0.574 e. The number of alkyl halides is 3. The molecule has 2 N–H and O–H groups in total. The molecule has 0 aromatic carbocycles. The molecule has 0 saturated heterocycles. The van der Waals surface area contributed by atoms with Crippen molar-refractivity contribution in [3.63, 3.8) is 0 Å². The Hall–Kier alpha value is -2.15. The van der Waals surface area contributed by atoms with E-state index in [4.69, 9.17) is 0 Å². The van der Waals surface area contributed by atoms with E-state index in [1.807, 2.05) is 0 Å². The molecule has 0 amide bonds. The molecular weight excluding hydrogens is 311 g/mol. The van der Waals surface area contributed by atoms with Crippen molar-refractivity contribution in [2.45, 2.75) is 11.4 Å². The monoisotopic (exact) mass is 317 g/mol. The van der Waals surface area contributed by atoms with E-state index in [1.54, 1.807) is 0 Å². The number of halogens is 3. The summed E-state index contributed by atoms with van der Waals surface area (Å²) in [5, 5.41) is 13.9. The van der Waals surface area contributed by atoms with Gasteiger partial charge in [-0.2, -0.15) is 4.98 Å². The number of primary sulfonamides is 1. The Morgan fingerprint density at radius 3 is 2.35 bits per heavy atom. The summed E-state index contributed by atoms with van der Waals surface area (Å²) in [6, 6.07) is 0.411. The molecule has 0 fully saturated rings. The third kappa shape index (κ3) is 3.67. The van der Waals surface area contributed by atoms with Crippen molar-refractivity contribution in [3.05, 3.63) is 16.2 Å². The Bertz CT molecular complexity index is 644. The lowest BCUT2D eigenvalue weighted by molar-refractivity contribution is -0.388. The number of nitrogens with zero attached hydrogens (tertiary/aromatic N) is 2. The van der Waals surface area contributed by atoms with E-state index < -0.39 is 43.7 Å². The normalized spacial score (nSPS) is 12.1. The van der Waals surface area contributed by atoms with Gasteiger partial charge in [0.15, 0.2) is 5.75 Å². The van der Waals surface area contributed by atoms with Gasteiger partial charge in [0.2, 0.25) is 0 Å². The highest BCUT2D eigenvalue weighted by Crippen LogP contribution is 2.35. The highest BCUT2D eigenvalue weighted by atomic mass is 32.2. The van der Waals surface area contributed by atoms with Crippen LogP contribution in [0.2, 0.25) is 0 Å². The minimum Gasteiger partial charge on any atom is -0.491 e. The van der Waals surface area contributed by atoms with Gasteiger partial charge in [-0.15, -0.1) is 13.2 Å². The van der Waals surface area contributed by atoms with Crippen LogP contribution in [0.5, 0.6) is 11.6 Å². The molecule has 0 radical (unpaired) electrons. The Labute approximate surface area is 109 Å². The fourth-order valence-corrected chi connectivity index (χ4v) is 1.76. The minimum atomic E-state index is -5.20. The average molecular weight is 317 g/mol. The second-order valence-electron chi connectivity index (χ2n) is 3.17. The molecule has 112 valence electrons. The van der Waals surface area contributed by atoms with Gasteiger partial charge in [0.05, 0.1) is 18.1 Å². The lowest BCUT2D eigenvalue weighted by atomic mass is 10.4. The van der Waals surface area contributed by atoms with Crippen molar-refractivity contribution in [2.24, 2.45) is 5.14 Å². The molecule has 0 bridgehead atoms. The Morgan fingerprint density at radius 2 is 2.00 bits per heavy atom. The number of nitrogens with two attached hydrogens (primary N) is 1. The SMILES string of the molecule is COc1cc([N+](=O)[O-])c(S(N)(=O)=O)nc1OC(F)(F)F. The second kappa shape index (κ2) is 5.09. The number of hydrogen-bond donors (Lipinski definition) is 1. The zero-order valence-electron chi connectivity index (χ0n) is 9.54. The van der Waals surface area contributed by atoms with E-state index in [9.17, 15) is 31.7 Å². The van der Waals surface area contributed by atoms with E-state index in [1.165, 1.54) is 0 Å². The minimum absolute atomic E-state index is 0.411. The number of sulfonamides is 1. The van der Waals surface area contributed by atoms with Crippen LogP contribution in [0.15, 0.2) is 11.1 Å². The van der Waals surface area contributed by atoms with Crippen molar-refractivity contribution < 1.29 is 36.0 Å². The maximum absolute atomic E-state index is 12.1. The summed E-state index contributed by atoms with van der Waals surface area (Å²) >= 11 is 0. The zero-order chi connectivity index (χ0) is 15.7. The van der Waals surface area contributed by atoms with Crippen LogP contribution in [0.25, 0.3) is 0 Å². The first-order valence-electron chi connectivity index (χ1n) is 4.47. The molecule has 1 heterocycles. The Balaban J connectivity index is 3.59. The van der Waals surface area contributed by atoms with Gasteiger partial charge in [0.1, 0.15) is 0 Å². The first kappa shape index (κ1) is 15.9. The topological polar surface area (TPSA) is 135 Å². The van der Waals surface area contributed by atoms with Crippen molar-refractivity contribution >= 4 is 15.7 Å². The number of nitro groups is 1. The number of ether oxygens (including phenoxy) is 2. The summed E-state index contributed by atoms with van der Waals surface area (Å²) in [7, 11) is -3.85. The van der Waals surface area contributed by atoms with Crippen LogP contribution in [0.3, 0.4) is 0 Å². The molecule has 13 heteroatoms. The number of pyridine rings is 1. The summed E-state index contributed by atoms with van der Waals surface area (Å²) in [4.78, 5) is 12.4. The van der Waals surface area contributed by atoms with Crippen molar-refractivity contribution in [1.82, 2.24) is 4.98 Å². The molecule has 1 aromatic rings. The number of hydrogen-bond acceptors (Lipinski definition) is 7. The first-order chi connectivity index (χ1) is 8.95. The van der Waals surface area contributed by atoms with Gasteiger partial charge in [-0.05, 0) is 0 Å². The van der Waals surface area contributed by atoms with Gasteiger partial charge in [-0.3, -0.25) is 10.1 Å². The van der Waals surface area contributed by atoms with E-state index in [0.717, 1.165) is 7.11 Å². The molecular formula is C7H6F3N3O6S. The van der Waals surface area contributed by atoms with E-state index >= 15 is 0 Å². The molecule has 0 aliphatic carbocycles. The summed E-state index contributed by atoms with van der Waals surface area (Å²) < 4.78 is 66.4. The average Bonchev–Trinajstić information content (AvgIpc) is 2.24. The van der Waals surface area contributed by atoms with Crippen molar-refractivity contribution in [1.29, 1.82) is 0 Å². The standard InChI is InChI=1S/C7H6F3N3O6S/c1-18-4-2-3(13(14)15)6(20(11,16)17)12-5(4)19-7(8,9)10/h2H,1H3,(H2,11,16,17). The van der Waals surface area contributed by atoms with Crippen molar-refractivity contribution in [3.8, 4) is 11.6 Å². The van der Waals surface area contributed by atoms with Crippen LogP contribution in [0.4, 0.5) is 18.9 Å². The lowest BCUT2D eigenvalue weighted by Crippen LogP contribution is -2.21. The fraction of sp³-hybridized carbons (Fsp3) is 0.286. The molecule has 0 saturated carbocycles. The van der Waals surface area contributed by atoms with Crippen molar-refractivity contribution in [2.75, 3.05) is 7.11 Å². The van der Waals surface area contributed by atoms with Gasteiger partial charge in [0.25, 0.3) is 20.9 Å². The molecule has 0 atom stereocenters. The van der Waals surface area contributed by atoms with Crippen LogP contribution >= 0.6 is 0 Å². The Morgan fingerprint density at radius 1 is 1.45 bits per heavy atom.